The number of benzene rings is 1. The number of hydrogen-bond donors (Lipinski definition) is 2. The van der Waals surface area contributed by atoms with Gasteiger partial charge in [0.05, 0.1) is 6.61 Å². The zero-order chi connectivity index (χ0) is 15.6. The van der Waals surface area contributed by atoms with Crippen molar-refractivity contribution in [1.29, 1.82) is 0 Å². The van der Waals surface area contributed by atoms with E-state index in [9.17, 15) is 12.8 Å². The summed E-state index contributed by atoms with van der Waals surface area (Å²) in [6.07, 6.45) is 0. The van der Waals surface area contributed by atoms with E-state index in [1.807, 2.05) is 27.7 Å². The molecule has 1 aromatic rings. The molecule has 6 heteroatoms. The average molecular weight is 303 g/mol. The molecule has 0 aliphatic carbocycles. The third-order valence-corrected chi connectivity index (χ3v) is 5.16. The third kappa shape index (κ3) is 4.01. The lowest BCUT2D eigenvalue weighted by Crippen LogP contribution is -2.37. The normalized spacial score (nSPS) is 12.9. The van der Waals surface area contributed by atoms with Crippen LogP contribution >= 0.6 is 0 Å². The molecule has 114 valence electrons. The summed E-state index contributed by atoms with van der Waals surface area (Å²) in [7, 11) is -3.93. The first-order chi connectivity index (χ1) is 9.10. The molecular weight excluding hydrogens is 281 g/mol. The van der Waals surface area contributed by atoms with Gasteiger partial charge in [-0.1, -0.05) is 33.8 Å². The van der Waals surface area contributed by atoms with E-state index in [1.165, 1.54) is 6.07 Å². The molecule has 0 bridgehead atoms. The highest BCUT2D eigenvalue weighted by atomic mass is 32.2. The fourth-order valence-corrected chi connectivity index (χ4v) is 2.76. The zero-order valence-corrected chi connectivity index (χ0v) is 13.1. The first-order valence-corrected chi connectivity index (χ1v) is 7.97. The maximum Gasteiger partial charge on any atom is 0.243 e. The Morgan fingerprint density at radius 2 is 1.95 bits per heavy atom. The van der Waals surface area contributed by atoms with Gasteiger partial charge in [-0.2, -0.15) is 0 Å². The minimum atomic E-state index is -3.93. The van der Waals surface area contributed by atoms with Crippen LogP contribution in [0.15, 0.2) is 23.1 Å². The minimum Gasteiger partial charge on any atom is -0.392 e. The van der Waals surface area contributed by atoms with E-state index < -0.39 is 20.7 Å². The fraction of sp³-hybridized carbons (Fsp3) is 0.571. The zero-order valence-electron chi connectivity index (χ0n) is 12.3. The summed E-state index contributed by atoms with van der Waals surface area (Å²) < 4.78 is 40.4. The SMILES string of the molecule is CC(C)C(C)(C)CNS(=O)(=O)c1cc(CO)ccc1F. The Morgan fingerprint density at radius 3 is 2.45 bits per heavy atom. The quantitative estimate of drug-likeness (QED) is 0.847. The molecule has 4 nitrogen and oxygen atoms in total. The van der Waals surface area contributed by atoms with Crippen molar-refractivity contribution in [3.05, 3.63) is 29.6 Å². The van der Waals surface area contributed by atoms with Crippen LogP contribution in [0.5, 0.6) is 0 Å². The van der Waals surface area contributed by atoms with Gasteiger partial charge in [0, 0.05) is 6.54 Å². The number of aliphatic hydroxyl groups excluding tert-OH is 1. The summed E-state index contributed by atoms with van der Waals surface area (Å²) in [6.45, 7) is 7.78. The number of sulfonamides is 1. The summed E-state index contributed by atoms with van der Waals surface area (Å²) in [4.78, 5) is -0.427. The van der Waals surface area contributed by atoms with E-state index in [1.54, 1.807) is 0 Å². The van der Waals surface area contributed by atoms with Crippen LogP contribution in [0.1, 0.15) is 33.3 Å². The van der Waals surface area contributed by atoms with Crippen molar-refractivity contribution in [2.24, 2.45) is 11.3 Å². The number of rotatable bonds is 6. The van der Waals surface area contributed by atoms with Crippen LogP contribution in [0.4, 0.5) is 4.39 Å². The molecule has 0 radical (unpaired) electrons. The van der Waals surface area contributed by atoms with Crippen LogP contribution in [0, 0.1) is 17.2 Å². The van der Waals surface area contributed by atoms with E-state index >= 15 is 0 Å². The lowest BCUT2D eigenvalue weighted by Gasteiger charge is -2.29. The van der Waals surface area contributed by atoms with Crippen molar-refractivity contribution in [3.8, 4) is 0 Å². The molecule has 0 heterocycles. The Morgan fingerprint density at radius 1 is 1.35 bits per heavy atom. The highest BCUT2D eigenvalue weighted by Gasteiger charge is 2.26. The molecule has 1 rings (SSSR count). The average Bonchev–Trinajstić information content (AvgIpc) is 2.37. The van der Waals surface area contributed by atoms with Crippen LogP contribution in [0.2, 0.25) is 0 Å². The van der Waals surface area contributed by atoms with E-state index in [-0.39, 0.29) is 24.5 Å². The van der Waals surface area contributed by atoms with Gasteiger partial charge in [-0.15, -0.1) is 0 Å². The van der Waals surface area contributed by atoms with Gasteiger partial charge in [-0.05, 0) is 29.0 Å². The maximum atomic E-state index is 13.7. The Hall–Kier alpha value is -0.980. The lowest BCUT2D eigenvalue weighted by molar-refractivity contribution is 0.252. The van der Waals surface area contributed by atoms with Crippen LogP contribution in [0.3, 0.4) is 0 Å². The third-order valence-electron chi connectivity index (χ3n) is 3.75. The standard InChI is InChI=1S/C14H22FNO3S/c1-10(2)14(3,4)9-16-20(18,19)13-7-11(8-17)5-6-12(13)15/h5-7,10,16-17H,8-9H2,1-4H3. The van der Waals surface area contributed by atoms with Crippen LogP contribution in [0.25, 0.3) is 0 Å². The van der Waals surface area contributed by atoms with Gasteiger partial charge in [0.1, 0.15) is 10.7 Å². The number of aliphatic hydroxyl groups is 1. The molecule has 20 heavy (non-hydrogen) atoms. The molecule has 0 atom stereocenters. The predicted molar refractivity (Wildman–Crippen MR) is 76.1 cm³/mol. The van der Waals surface area contributed by atoms with Gasteiger partial charge in [0.2, 0.25) is 10.0 Å². The van der Waals surface area contributed by atoms with Gasteiger partial charge >= 0.3 is 0 Å². The van der Waals surface area contributed by atoms with Gasteiger partial charge in [-0.3, -0.25) is 0 Å². The van der Waals surface area contributed by atoms with Crippen molar-refractivity contribution in [2.75, 3.05) is 6.54 Å². The minimum absolute atomic E-state index is 0.218. The highest BCUT2D eigenvalue weighted by Crippen LogP contribution is 2.26. The molecule has 1 aromatic carbocycles. The summed E-state index contributed by atoms with van der Waals surface area (Å²) in [5.41, 5.74) is 0.118. The monoisotopic (exact) mass is 303 g/mol. The summed E-state index contributed by atoms with van der Waals surface area (Å²) in [6, 6.07) is 3.56. The van der Waals surface area contributed by atoms with Crippen LogP contribution < -0.4 is 4.72 Å². The maximum absolute atomic E-state index is 13.7. The summed E-state index contributed by atoms with van der Waals surface area (Å²) >= 11 is 0. The molecular formula is C14H22FNO3S. The molecule has 0 saturated heterocycles. The molecule has 0 aliphatic heterocycles. The van der Waals surface area contributed by atoms with Crippen LogP contribution in [-0.4, -0.2) is 20.1 Å². The van der Waals surface area contributed by atoms with Crippen molar-refractivity contribution in [1.82, 2.24) is 4.72 Å². The smallest absolute Gasteiger partial charge is 0.243 e. The van der Waals surface area contributed by atoms with Crippen molar-refractivity contribution in [2.45, 2.75) is 39.2 Å². The number of halogens is 1. The van der Waals surface area contributed by atoms with E-state index in [4.69, 9.17) is 5.11 Å². The highest BCUT2D eigenvalue weighted by molar-refractivity contribution is 7.89. The molecule has 0 fully saturated rings. The second-order valence-corrected chi connectivity index (χ2v) is 7.63. The summed E-state index contributed by atoms with van der Waals surface area (Å²) in [5, 5.41) is 9.01. The number of nitrogens with one attached hydrogen (secondary N) is 1. The molecule has 0 amide bonds. The van der Waals surface area contributed by atoms with Crippen molar-refractivity contribution < 1.29 is 17.9 Å². The van der Waals surface area contributed by atoms with E-state index in [0.717, 1.165) is 12.1 Å². The Kier molecular flexibility index (Phi) is 5.29. The number of hydrogen-bond acceptors (Lipinski definition) is 3. The molecule has 0 aliphatic rings. The second kappa shape index (κ2) is 6.20. The molecule has 2 N–H and O–H groups in total. The molecule has 0 saturated carbocycles. The Bertz CT molecular complexity index is 568. The first-order valence-electron chi connectivity index (χ1n) is 6.49. The van der Waals surface area contributed by atoms with Gasteiger partial charge in [0.15, 0.2) is 0 Å². The van der Waals surface area contributed by atoms with Crippen molar-refractivity contribution >= 4 is 10.0 Å². The molecule has 0 spiro atoms. The Labute approximate surface area is 120 Å². The first kappa shape index (κ1) is 17.1. The van der Waals surface area contributed by atoms with Gasteiger partial charge < -0.3 is 5.11 Å². The lowest BCUT2D eigenvalue weighted by atomic mass is 9.81. The second-order valence-electron chi connectivity index (χ2n) is 5.89. The predicted octanol–water partition coefficient (Wildman–Crippen LogP) is 2.28. The Balaban J connectivity index is 3.00. The molecule has 0 unspecified atom stereocenters. The van der Waals surface area contributed by atoms with Gasteiger partial charge in [-0.25, -0.2) is 17.5 Å². The largest absolute Gasteiger partial charge is 0.392 e. The van der Waals surface area contributed by atoms with Gasteiger partial charge in [0.25, 0.3) is 0 Å². The van der Waals surface area contributed by atoms with E-state index in [2.05, 4.69) is 4.72 Å². The van der Waals surface area contributed by atoms with E-state index in [0.29, 0.717) is 5.56 Å². The topological polar surface area (TPSA) is 66.4 Å². The van der Waals surface area contributed by atoms with Crippen molar-refractivity contribution in [3.63, 3.8) is 0 Å². The van der Waals surface area contributed by atoms with Crippen LogP contribution in [-0.2, 0) is 16.6 Å². The summed E-state index contributed by atoms with van der Waals surface area (Å²) in [5.74, 6) is -0.545. The fourth-order valence-electron chi connectivity index (χ4n) is 1.41. The molecule has 0 aromatic heterocycles.